The van der Waals surface area contributed by atoms with Crippen LogP contribution in [0.15, 0.2) is 48.5 Å². The lowest BCUT2D eigenvalue weighted by molar-refractivity contribution is 0.0680. The van der Waals surface area contributed by atoms with E-state index in [0.717, 1.165) is 31.2 Å². The van der Waals surface area contributed by atoms with Crippen molar-refractivity contribution in [1.29, 1.82) is 0 Å². The molecule has 1 amide bonds. The summed E-state index contributed by atoms with van der Waals surface area (Å²) < 4.78 is 11.0. The topological polar surface area (TPSA) is 76.1 Å². The molecule has 0 spiro atoms. The normalized spacial score (nSPS) is 14.2. The molecular formula is C23H27NO5. The molecule has 0 atom stereocenters. The van der Waals surface area contributed by atoms with Gasteiger partial charge in [0.15, 0.2) is 0 Å². The summed E-state index contributed by atoms with van der Waals surface area (Å²) in [4.78, 5) is 26.1. The molecule has 0 unspecified atom stereocenters. The molecule has 29 heavy (non-hydrogen) atoms. The maximum absolute atomic E-state index is 13.0. The van der Waals surface area contributed by atoms with E-state index in [-0.39, 0.29) is 30.9 Å². The van der Waals surface area contributed by atoms with Crippen LogP contribution in [0.1, 0.15) is 53.6 Å². The van der Waals surface area contributed by atoms with Crippen LogP contribution in [0.3, 0.4) is 0 Å². The molecule has 0 saturated heterocycles. The molecule has 0 heterocycles. The number of carbonyl (C=O) groups excluding carboxylic acids is 1. The molecule has 1 aliphatic carbocycles. The highest BCUT2D eigenvalue weighted by Crippen LogP contribution is 2.28. The molecule has 0 bridgehead atoms. The van der Waals surface area contributed by atoms with Crippen LogP contribution in [0, 0.1) is 0 Å². The Kier molecular flexibility index (Phi) is 7.11. The van der Waals surface area contributed by atoms with E-state index in [1.54, 1.807) is 17.0 Å². The highest BCUT2D eigenvalue weighted by molar-refractivity contribution is 5.88. The fourth-order valence-corrected chi connectivity index (χ4v) is 3.76. The van der Waals surface area contributed by atoms with Crippen molar-refractivity contribution in [3.8, 4) is 5.75 Å². The van der Waals surface area contributed by atoms with Crippen LogP contribution in [0.5, 0.6) is 5.75 Å². The molecule has 2 aromatic rings. The van der Waals surface area contributed by atoms with E-state index in [2.05, 4.69) is 0 Å². The maximum Gasteiger partial charge on any atom is 0.410 e. The Balaban J connectivity index is 1.81. The van der Waals surface area contributed by atoms with Gasteiger partial charge in [0.1, 0.15) is 12.4 Å². The number of carbonyl (C=O) groups is 2. The van der Waals surface area contributed by atoms with Crippen molar-refractivity contribution < 1.29 is 24.2 Å². The molecule has 0 aromatic heterocycles. The number of amides is 1. The zero-order chi connectivity index (χ0) is 20.6. The number of carboxylic acids is 1. The van der Waals surface area contributed by atoms with Gasteiger partial charge in [0.2, 0.25) is 0 Å². The molecule has 0 radical (unpaired) electrons. The van der Waals surface area contributed by atoms with Crippen LogP contribution in [-0.2, 0) is 17.9 Å². The Morgan fingerprint density at radius 1 is 1.07 bits per heavy atom. The number of hydrogen-bond donors (Lipinski definition) is 1. The van der Waals surface area contributed by atoms with E-state index in [9.17, 15) is 14.7 Å². The van der Waals surface area contributed by atoms with Crippen LogP contribution in [0.4, 0.5) is 4.79 Å². The standard InChI is InChI=1S/C23H27NO5/c1-28-21-13-12-18(22(25)26)14-19(21)15-24(20-10-6-3-7-11-20)23(27)29-16-17-8-4-2-5-9-17/h2,4-5,8-9,12-14,20H,3,6-7,10-11,15-16H2,1H3,(H,25,26). The van der Waals surface area contributed by atoms with Gasteiger partial charge in [-0.1, -0.05) is 49.6 Å². The summed E-state index contributed by atoms with van der Waals surface area (Å²) in [6.45, 7) is 0.456. The summed E-state index contributed by atoms with van der Waals surface area (Å²) in [6.07, 6.45) is 4.76. The van der Waals surface area contributed by atoms with Crippen molar-refractivity contribution in [2.24, 2.45) is 0 Å². The Morgan fingerprint density at radius 3 is 2.45 bits per heavy atom. The molecule has 1 aliphatic rings. The third-order valence-electron chi connectivity index (χ3n) is 5.32. The number of aromatic carboxylic acids is 1. The third-order valence-corrected chi connectivity index (χ3v) is 5.32. The van der Waals surface area contributed by atoms with E-state index in [4.69, 9.17) is 9.47 Å². The molecule has 1 saturated carbocycles. The van der Waals surface area contributed by atoms with E-state index in [0.29, 0.717) is 11.3 Å². The van der Waals surface area contributed by atoms with Gasteiger partial charge < -0.3 is 19.5 Å². The lowest BCUT2D eigenvalue weighted by Gasteiger charge is -2.34. The van der Waals surface area contributed by atoms with Gasteiger partial charge in [0.25, 0.3) is 0 Å². The molecule has 154 valence electrons. The minimum absolute atomic E-state index is 0.0743. The van der Waals surface area contributed by atoms with Gasteiger partial charge in [-0.15, -0.1) is 0 Å². The number of benzene rings is 2. The summed E-state index contributed by atoms with van der Waals surface area (Å²) in [5.41, 5.74) is 1.76. The van der Waals surface area contributed by atoms with Crippen LogP contribution in [-0.4, -0.2) is 35.2 Å². The first kappa shape index (κ1) is 20.7. The summed E-state index contributed by atoms with van der Waals surface area (Å²) in [6, 6.07) is 14.3. The van der Waals surface area contributed by atoms with E-state index in [1.165, 1.54) is 19.6 Å². The first-order valence-electron chi connectivity index (χ1n) is 9.96. The molecule has 1 fully saturated rings. The van der Waals surface area contributed by atoms with Crippen LogP contribution >= 0.6 is 0 Å². The SMILES string of the molecule is COc1ccc(C(=O)O)cc1CN(C(=O)OCc1ccccc1)C1CCCCC1. The van der Waals surface area contributed by atoms with Gasteiger partial charge in [-0.2, -0.15) is 0 Å². The molecule has 3 rings (SSSR count). The van der Waals surface area contributed by atoms with E-state index >= 15 is 0 Å². The number of rotatable bonds is 7. The molecular weight excluding hydrogens is 370 g/mol. The molecule has 6 nitrogen and oxygen atoms in total. The summed E-state index contributed by atoms with van der Waals surface area (Å²) in [5.74, 6) is -0.448. The van der Waals surface area contributed by atoms with Gasteiger partial charge in [-0.05, 0) is 36.6 Å². The second-order valence-corrected chi connectivity index (χ2v) is 7.29. The molecule has 2 aromatic carbocycles. The van der Waals surface area contributed by atoms with Gasteiger partial charge in [0.05, 0.1) is 19.2 Å². The Labute approximate surface area is 171 Å². The summed E-state index contributed by atoms with van der Waals surface area (Å²) in [7, 11) is 1.54. The van der Waals surface area contributed by atoms with Crippen molar-refractivity contribution in [1.82, 2.24) is 4.90 Å². The fraction of sp³-hybridized carbons (Fsp3) is 0.391. The van der Waals surface area contributed by atoms with Crippen molar-refractivity contribution in [3.63, 3.8) is 0 Å². The monoisotopic (exact) mass is 397 g/mol. The second kappa shape index (κ2) is 9.96. The minimum Gasteiger partial charge on any atom is -0.496 e. The zero-order valence-electron chi connectivity index (χ0n) is 16.7. The zero-order valence-corrected chi connectivity index (χ0v) is 16.7. The van der Waals surface area contributed by atoms with Gasteiger partial charge >= 0.3 is 12.1 Å². The van der Waals surface area contributed by atoms with Crippen LogP contribution < -0.4 is 4.74 Å². The predicted octanol–water partition coefficient (Wildman–Crippen LogP) is 4.86. The van der Waals surface area contributed by atoms with Gasteiger partial charge in [-0.3, -0.25) is 0 Å². The Hall–Kier alpha value is -3.02. The average Bonchev–Trinajstić information content (AvgIpc) is 2.77. The maximum atomic E-state index is 13.0. The predicted molar refractivity (Wildman–Crippen MR) is 109 cm³/mol. The van der Waals surface area contributed by atoms with Gasteiger partial charge in [0, 0.05) is 11.6 Å². The van der Waals surface area contributed by atoms with Crippen molar-refractivity contribution in [3.05, 3.63) is 65.2 Å². The smallest absolute Gasteiger partial charge is 0.410 e. The highest BCUT2D eigenvalue weighted by atomic mass is 16.6. The molecule has 0 aliphatic heterocycles. The number of ether oxygens (including phenoxy) is 2. The van der Waals surface area contributed by atoms with Crippen molar-refractivity contribution in [2.45, 2.75) is 51.3 Å². The third kappa shape index (κ3) is 5.50. The van der Waals surface area contributed by atoms with E-state index in [1.807, 2.05) is 30.3 Å². The molecule has 1 N–H and O–H groups in total. The fourth-order valence-electron chi connectivity index (χ4n) is 3.76. The lowest BCUT2D eigenvalue weighted by Crippen LogP contribution is -2.41. The molecule has 6 heteroatoms. The highest BCUT2D eigenvalue weighted by Gasteiger charge is 2.28. The van der Waals surface area contributed by atoms with Crippen LogP contribution in [0.2, 0.25) is 0 Å². The largest absolute Gasteiger partial charge is 0.496 e. The van der Waals surface area contributed by atoms with Crippen LogP contribution in [0.25, 0.3) is 0 Å². The first-order valence-corrected chi connectivity index (χ1v) is 9.96. The quantitative estimate of drug-likeness (QED) is 0.722. The van der Waals surface area contributed by atoms with Gasteiger partial charge in [-0.25, -0.2) is 9.59 Å². The van der Waals surface area contributed by atoms with E-state index < -0.39 is 5.97 Å². The number of hydrogen-bond acceptors (Lipinski definition) is 4. The Morgan fingerprint density at radius 2 is 1.79 bits per heavy atom. The first-order chi connectivity index (χ1) is 14.1. The number of nitrogens with zero attached hydrogens (tertiary/aromatic N) is 1. The number of methoxy groups -OCH3 is 1. The second-order valence-electron chi connectivity index (χ2n) is 7.29. The summed E-state index contributed by atoms with van der Waals surface area (Å²) >= 11 is 0. The number of carboxylic acid groups (broad SMARTS) is 1. The lowest BCUT2D eigenvalue weighted by atomic mass is 9.94. The van der Waals surface area contributed by atoms with Crippen molar-refractivity contribution in [2.75, 3.05) is 7.11 Å². The minimum atomic E-state index is -1.01. The Bertz CT molecular complexity index is 830. The average molecular weight is 397 g/mol. The van der Waals surface area contributed by atoms with Crippen molar-refractivity contribution >= 4 is 12.1 Å². The summed E-state index contributed by atoms with van der Waals surface area (Å²) in [5, 5.41) is 9.33.